The van der Waals surface area contributed by atoms with Gasteiger partial charge in [-0.15, -0.1) is 0 Å². The van der Waals surface area contributed by atoms with E-state index in [1.807, 2.05) is 18.7 Å². The molecule has 1 aromatic rings. The summed E-state index contributed by atoms with van der Waals surface area (Å²) in [4.78, 5) is 0. The number of aryl methyl sites for hydroxylation is 2. The molecule has 0 aromatic carbocycles. The van der Waals surface area contributed by atoms with Crippen LogP contribution < -0.4 is 0 Å². The monoisotopic (exact) mass is 256 g/mol. The lowest BCUT2D eigenvalue weighted by molar-refractivity contribution is 0.756. The molecule has 0 bridgehead atoms. The molecular weight excluding hydrogens is 240 g/mol. The van der Waals surface area contributed by atoms with Crippen molar-refractivity contribution in [1.82, 2.24) is 9.78 Å². The van der Waals surface area contributed by atoms with Gasteiger partial charge in [-0.1, -0.05) is 41.4 Å². The second-order valence-electron chi connectivity index (χ2n) is 3.85. The molecule has 0 fully saturated rings. The van der Waals surface area contributed by atoms with Crippen LogP contribution in [0.25, 0.3) is 6.08 Å². The molecule has 1 rings (SSSR count). The zero-order valence-electron chi connectivity index (χ0n) is 9.21. The number of aromatic nitrogens is 2. The molecule has 0 saturated heterocycles. The molecule has 1 heterocycles. The smallest absolute Gasteiger partial charge is 0.0665 e. The molecule has 2 nitrogen and oxygen atoms in total. The van der Waals surface area contributed by atoms with E-state index in [1.54, 1.807) is 0 Å². The summed E-state index contributed by atoms with van der Waals surface area (Å²) in [7, 11) is 1.95. The van der Waals surface area contributed by atoms with Crippen LogP contribution in [0.3, 0.4) is 0 Å². The number of allylic oxidation sites excluding steroid dienone is 1. The van der Waals surface area contributed by atoms with Crippen molar-refractivity contribution in [3.05, 3.63) is 23.0 Å². The lowest BCUT2D eigenvalue weighted by Crippen LogP contribution is -1.94. The van der Waals surface area contributed by atoms with E-state index >= 15 is 0 Å². The Morgan fingerprint density at radius 2 is 2.29 bits per heavy atom. The van der Waals surface area contributed by atoms with Gasteiger partial charge in [-0.3, -0.25) is 4.68 Å². The third-order valence-corrected chi connectivity index (χ3v) is 2.94. The predicted octanol–water partition coefficient (Wildman–Crippen LogP) is 3.16. The molecule has 0 aliphatic heterocycles. The molecule has 0 unspecified atom stereocenters. The Kier molecular flexibility index (Phi) is 3.93. The third kappa shape index (κ3) is 2.71. The minimum absolute atomic E-state index is 0.578. The third-order valence-electron chi connectivity index (χ3n) is 2.29. The quantitative estimate of drug-likeness (QED) is 0.760. The Bertz CT molecular complexity index is 337. The van der Waals surface area contributed by atoms with Crippen molar-refractivity contribution < 1.29 is 0 Å². The number of nitrogens with zero attached hydrogens (tertiary/aromatic N) is 2. The first-order chi connectivity index (χ1) is 6.54. The molecule has 14 heavy (non-hydrogen) atoms. The maximum atomic E-state index is 4.31. The van der Waals surface area contributed by atoms with Gasteiger partial charge in [-0.2, -0.15) is 5.10 Å². The van der Waals surface area contributed by atoms with Crippen molar-refractivity contribution >= 4 is 22.0 Å². The minimum Gasteiger partial charge on any atom is -0.275 e. The van der Waals surface area contributed by atoms with Gasteiger partial charge in [0.25, 0.3) is 0 Å². The van der Waals surface area contributed by atoms with Crippen LogP contribution in [-0.2, 0) is 7.05 Å². The Morgan fingerprint density at radius 1 is 1.64 bits per heavy atom. The molecule has 1 aromatic heterocycles. The number of halogens is 1. The molecule has 0 N–H and O–H groups in total. The van der Waals surface area contributed by atoms with Gasteiger partial charge in [0.15, 0.2) is 0 Å². The maximum Gasteiger partial charge on any atom is 0.0665 e. The van der Waals surface area contributed by atoms with Gasteiger partial charge in [0, 0.05) is 24.1 Å². The minimum atomic E-state index is 0.578. The molecule has 0 atom stereocenters. The zero-order chi connectivity index (χ0) is 10.7. The topological polar surface area (TPSA) is 17.8 Å². The molecule has 0 spiro atoms. The summed E-state index contributed by atoms with van der Waals surface area (Å²) in [5.41, 5.74) is 3.71. The Hall–Kier alpha value is -0.570. The summed E-state index contributed by atoms with van der Waals surface area (Å²) < 4.78 is 1.85. The Morgan fingerprint density at radius 3 is 2.64 bits per heavy atom. The number of alkyl halides is 1. The first-order valence-electron chi connectivity index (χ1n) is 4.81. The molecule has 3 heteroatoms. The van der Waals surface area contributed by atoms with E-state index in [9.17, 15) is 0 Å². The van der Waals surface area contributed by atoms with Crippen LogP contribution in [0.4, 0.5) is 0 Å². The van der Waals surface area contributed by atoms with Gasteiger partial charge in [0.1, 0.15) is 0 Å². The lowest BCUT2D eigenvalue weighted by atomic mass is 10.0. The molecule has 0 aliphatic rings. The summed E-state index contributed by atoms with van der Waals surface area (Å²) in [6.07, 6.45) is 4.28. The van der Waals surface area contributed by atoms with Crippen LogP contribution in [0.2, 0.25) is 0 Å². The van der Waals surface area contributed by atoms with E-state index < -0.39 is 0 Å². The van der Waals surface area contributed by atoms with Crippen molar-refractivity contribution in [3.63, 3.8) is 0 Å². The van der Waals surface area contributed by atoms with E-state index in [0.29, 0.717) is 5.92 Å². The zero-order valence-corrected chi connectivity index (χ0v) is 10.8. The van der Waals surface area contributed by atoms with Gasteiger partial charge >= 0.3 is 0 Å². The molecular formula is C11H17BrN2. The highest BCUT2D eigenvalue weighted by Crippen LogP contribution is 2.18. The normalized spacial score (nSPS) is 12.6. The molecule has 0 saturated carbocycles. The standard InChI is InChI=1S/C11H17BrN2/c1-8(2)10(6-12)5-11-7-14(4)13-9(11)3/h5,7-8H,6H2,1-4H3. The summed E-state index contributed by atoms with van der Waals surface area (Å²) in [6, 6.07) is 0. The van der Waals surface area contributed by atoms with Gasteiger partial charge in [0.05, 0.1) is 5.69 Å². The summed E-state index contributed by atoms with van der Waals surface area (Å²) >= 11 is 3.51. The van der Waals surface area contributed by atoms with E-state index in [4.69, 9.17) is 0 Å². The van der Waals surface area contributed by atoms with Crippen molar-refractivity contribution in [2.24, 2.45) is 13.0 Å². The number of hydrogen-bond acceptors (Lipinski definition) is 1. The fraction of sp³-hybridized carbons (Fsp3) is 0.545. The second-order valence-corrected chi connectivity index (χ2v) is 4.41. The highest BCUT2D eigenvalue weighted by molar-refractivity contribution is 9.09. The van der Waals surface area contributed by atoms with Crippen molar-refractivity contribution in [1.29, 1.82) is 0 Å². The van der Waals surface area contributed by atoms with Crippen molar-refractivity contribution in [2.75, 3.05) is 5.33 Å². The van der Waals surface area contributed by atoms with Crippen LogP contribution in [0, 0.1) is 12.8 Å². The highest BCUT2D eigenvalue weighted by Gasteiger charge is 2.05. The summed E-state index contributed by atoms with van der Waals surface area (Å²) in [5.74, 6) is 0.578. The predicted molar refractivity (Wildman–Crippen MR) is 64.6 cm³/mol. The average molecular weight is 257 g/mol. The molecule has 0 aliphatic carbocycles. The fourth-order valence-corrected chi connectivity index (χ4v) is 2.13. The van der Waals surface area contributed by atoms with E-state index in [1.165, 1.54) is 11.1 Å². The van der Waals surface area contributed by atoms with Crippen LogP contribution in [0.5, 0.6) is 0 Å². The van der Waals surface area contributed by atoms with E-state index in [0.717, 1.165) is 11.0 Å². The largest absolute Gasteiger partial charge is 0.275 e. The van der Waals surface area contributed by atoms with Gasteiger partial charge in [0.2, 0.25) is 0 Å². The Balaban J connectivity index is 3.00. The van der Waals surface area contributed by atoms with E-state index in [-0.39, 0.29) is 0 Å². The number of hydrogen-bond donors (Lipinski definition) is 0. The molecule has 0 amide bonds. The van der Waals surface area contributed by atoms with Gasteiger partial charge < -0.3 is 0 Å². The van der Waals surface area contributed by atoms with Crippen molar-refractivity contribution in [2.45, 2.75) is 20.8 Å². The van der Waals surface area contributed by atoms with Crippen LogP contribution in [0.15, 0.2) is 11.8 Å². The maximum absolute atomic E-state index is 4.31. The van der Waals surface area contributed by atoms with Crippen LogP contribution >= 0.6 is 15.9 Å². The molecule has 0 radical (unpaired) electrons. The van der Waals surface area contributed by atoms with Crippen LogP contribution in [0.1, 0.15) is 25.1 Å². The Labute approximate surface area is 94.1 Å². The lowest BCUT2D eigenvalue weighted by Gasteiger charge is -2.06. The second kappa shape index (κ2) is 4.78. The average Bonchev–Trinajstić information content (AvgIpc) is 2.40. The SMILES string of the molecule is Cc1nn(C)cc1C=C(CBr)C(C)C. The number of rotatable bonds is 3. The van der Waals surface area contributed by atoms with Crippen molar-refractivity contribution in [3.8, 4) is 0 Å². The van der Waals surface area contributed by atoms with Crippen LogP contribution in [-0.4, -0.2) is 15.1 Å². The first kappa shape index (κ1) is 11.5. The van der Waals surface area contributed by atoms with E-state index in [2.05, 4.69) is 47.1 Å². The molecule has 78 valence electrons. The fourth-order valence-electron chi connectivity index (χ4n) is 1.32. The highest BCUT2D eigenvalue weighted by atomic mass is 79.9. The summed E-state index contributed by atoms with van der Waals surface area (Å²) in [6.45, 7) is 6.45. The van der Waals surface area contributed by atoms with Gasteiger partial charge in [-0.25, -0.2) is 0 Å². The van der Waals surface area contributed by atoms with Gasteiger partial charge in [-0.05, 0) is 12.8 Å². The first-order valence-corrected chi connectivity index (χ1v) is 5.93. The summed E-state index contributed by atoms with van der Waals surface area (Å²) in [5, 5.41) is 5.24.